The molecule has 0 aromatic heterocycles. The quantitative estimate of drug-likeness (QED) is 0.412. The molecule has 2 aromatic carbocycles. The number of nitrogens with one attached hydrogen (secondary N) is 1. The minimum Gasteiger partial charge on any atom is -0.432 e. The molecule has 0 atom stereocenters. The van der Waals surface area contributed by atoms with Crippen molar-refractivity contribution in [2.75, 3.05) is 6.54 Å². The largest absolute Gasteiger partial charge is 0.432 e. The summed E-state index contributed by atoms with van der Waals surface area (Å²) in [7, 11) is -5.05. The van der Waals surface area contributed by atoms with Gasteiger partial charge in [-0.3, -0.25) is 9.65 Å². The van der Waals surface area contributed by atoms with E-state index in [1.165, 1.54) is 0 Å². The van der Waals surface area contributed by atoms with Crippen LogP contribution in [0, 0.1) is 0 Å². The summed E-state index contributed by atoms with van der Waals surface area (Å²) < 4.78 is 13.8. The molecule has 0 fully saturated rings. The molecule has 136 valence electrons. The lowest BCUT2D eigenvalue weighted by atomic mass is 10.1. The molecular formula is C20H30NO2PSi. The molecule has 2 aromatic rings. The van der Waals surface area contributed by atoms with Crippen LogP contribution in [-0.4, -0.2) is 19.7 Å². The fourth-order valence-corrected chi connectivity index (χ4v) is 5.79. The fourth-order valence-electron chi connectivity index (χ4n) is 2.68. The van der Waals surface area contributed by atoms with Gasteiger partial charge in [0.1, 0.15) is 0 Å². The zero-order valence-corrected chi connectivity index (χ0v) is 17.6. The van der Waals surface area contributed by atoms with Crippen LogP contribution >= 0.6 is 7.29 Å². The van der Waals surface area contributed by atoms with Crippen LogP contribution in [0.1, 0.15) is 26.7 Å². The summed E-state index contributed by atoms with van der Waals surface area (Å²) in [5.41, 5.74) is 0. The maximum Gasteiger partial charge on any atom is 0.204 e. The van der Waals surface area contributed by atoms with E-state index in [0.717, 1.165) is 23.5 Å². The third kappa shape index (κ3) is 4.92. The number of hydrogen-bond donors (Lipinski definition) is 2. The van der Waals surface area contributed by atoms with Crippen molar-refractivity contribution < 1.29 is 9.36 Å². The summed E-state index contributed by atoms with van der Waals surface area (Å²) in [5, 5.41) is 4.95. The molecule has 25 heavy (non-hydrogen) atoms. The van der Waals surface area contributed by atoms with Gasteiger partial charge in [0.05, 0.1) is 0 Å². The van der Waals surface area contributed by atoms with E-state index in [0.29, 0.717) is 6.54 Å². The summed E-state index contributed by atoms with van der Waals surface area (Å²) in [6.45, 7) is 8.90. The molecule has 3 nitrogen and oxygen atoms in total. The van der Waals surface area contributed by atoms with Gasteiger partial charge < -0.3 is 4.80 Å². The second-order valence-electron chi connectivity index (χ2n) is 7.73. The van der Waals surface area contributed by atoms with Crippen molar-refractivity contribution >= 4 is 26.2 Å². The van der Waals surface area contributed by atoms with Gasteiger partial charge in [0, 0.05) is 17.2 Å². The van der Waals surface area contributed by atoms with E-state index in [4.69, 9.17) is 0 Å². The lowest BCUT2D eigenvalue weighted by Crippen LogP contribution is -2.39. The van der Waals surface area contributed by atoms with Crippen LogP contribution in [-0.2, 0) is 4.57 Å². The van der Waals surface area contributed by atoms with E-state index in [-0.39, 0.29) is 5.04 Å². The van der Waals surface area contributed by atoms with Gasteiger partial charge in [0.25, 0.3) is 0 Å². The molecule has 0 radical (unpaired) electrons. The predicted octanol–water partition coefficient (Wildman–Crippen LogP) is 4.26. The van der Waals surface area contributed by atoms with Gasteiger partial charge in [-0.05, 0) is 55.2 Å². The lowest BCUT2D eigenvalue weighted by molar-refractivity contribution is 0.442. The van der Waals surface area contributed by atoms with Crippen molar-refractivity contribution in [3.05, 3.63) is 60.7 Å². The first-order chi connectivity index (χ1) is 11.7. The lowest BCUT2D eigenvalue weighted by Gasteiger charge is -2.35. The Morgan fingerprint density at radius 3 is 1.80 bits per heavy atom. The monoisotopic (exact) mass is 375 g/mol. The molecule has 0 heterocycles. The van der Waals surface area contributed by atoms with Crippen molar-refractivity contribution in [2.24, 2.45) is 0 Å². The minimum absolute atomic E-state index is 0.0574. The smallest absolute Gasteiger partial charge is 0.204 e. The second-order valence-corrected chi connectivity index (χ2v) is 14.8. The zero-order valence-electron chi connectivity index (χ0n) is 15.7. The molecule has 2 N–H and O–H groups in total. The summed E-state index contributed by atoms with van der Waals surface area (Å²) in [6.07, 6.45) is 1.80. The van der Waals surface area contributed by atoms with Crippen LogP contribution in [0.15, 0.2) is 60.7 Å². The highest BCUT2D eigenvalue weighted by Crippen LogP contribution is 2.41. The first-order valence-corrected chi connectivity index (χ1v) is 13.5. The Labute approximate surface area is 153 Å². The van der Waals surface area contributed by atoms with E-state index < -0.39 is 15.6 Å². The van der Waals surface area contributed by atoms with Crippen molar-refractivity contribution in [1.82, 2.24) is 5.09 Å². The van der Waals surface area contributed by atoms with Crippen LogP contribution in [0.5, 0.6) is 0 Å². The normalized spacial score (nSPS) is 13.0. The highest BCUT2D eigenvalue weighted by molar-refractivity contribution is 7.76. The SMILES string of the molecule is CC(C)(CCCNP(=O)(c1ccccc1)c1ccccc1)[Si](C)(C)O. The molecule has 0 bridgehead atoms. The molecule has 2 rings (SSSR count). The van der Waals surface area contributed by atoms with E-state index in [1.807, 2.05) is 73.8 Å². The van der Waals surface area contributed by atoms with Crippen molar-refractivity contribution in [3.63, 3.8) is 0 Å². The van der Waals surface area contributed by atoms with E-state index in [9.17, 15) is 9.36 Å². The fraction of sp³-hybridized carbons (Fsp3) is 0.400. The molecule has 0 amide bonds. The Morgan fingerprint density at radius 1 is 0.960 bits per heavy atom. The topological polar surface area (TPSA) is 49.3 Å². The second kappa shape index (κ2) is 8.01. The van der Waals surface area contributed by atoms with Crippen LogP contribution in [0.2, 0.25) is 18.1 Å². The van der Waals surface area contributed by atoms with Gasteiger partial charge in [0.15, 0.2) is 8.32 Å². The Bertz CT molecular complexity index is 668. The molecule has 0 aliphatic rings. The number of rotatable bonds is 8. The summed E-state index contributed by atoms with van der Waals surface area (Å²) in [4.78, 5) is 10.4. The first kappa shape index (κ1) is 20.1. The predicted molar refractivity (Wildman–Crippen MR) is 111 cm³/mol. The molecule has 0 aliphatic carbocycles. The standard InChI is InChI=1S/C20H30NO2PSi/c1-20(2,25(3,4)23)16-11-17-21-24(22,18-12-7-5-8-13-18)19-14-9-6-10-15-19/h5-10,12-15,23H,11,16-17H2,1-4H3,(H,21,22). The third-order valence-corrected chi connectivity index (χ3v) is 11.5. The van der Waals surface area contributed by atoms with Crippen LogP contribution in [0.25, 0.3) is 0 Å². The first-order valence-electron chi connectivity index (χ1n) is 8.86. The Hall–Kier alpha value is -1.19. The van der Waals surface area contributed by atoms with Crippen LogP contribution in [0.3, 0.4) is 0 Å². The highest BCUT2D eigenvalue weighted by Gasteiger charge is 2.37. The molecular weight excluding hydrogens is 345 g/mol. The molecule has 0 aliphatic heterocycles. The average molecular weight is 376 g/mol. The minimum atomic E-state index is -2.85. The highest BCUT2D eigenvalue weighted by atomic mass is 31.2. The Kier molecular flexibility index (Phi) is 6.44. The van der Waals surface area contributed by atoms with E-state index in [2.05, 4.69) is 18.9 Å². The molecule has 0 saturated carbocycles. The van der Waals surface area contributed by atoms with Crippen LogP contribution in [0.4, 0.5) is 0 Å². The summed E-state index contributed by atoms with van der Waals surface area (Å²) in [6, 6.07) is 19.3. The Balaban J connectivity index is 2.13. The number of hydrogen-bond acceptors (Lipinski definition) is 2. The van der Waals surface area contributed by atoms with Crippen molar-refractivity contribution in [2.45, 2.75) is 44.8 Å². The van der Waals surface area contributed by atoms with Crippen molar-refractivity contribution in [1.29, 1.82) is 0 Å². The average Bonchev–Trinajstić information content (AvgIpc) is 2.59. The summed E-state index contributed by atoms with van der Waals surface area (Å²) in [5.74, 6) is 0. The Morgan fingerprint density at radius 2 is 1.40 bits per heavy atom. The molecule has 0 spiro atoms. The molecule has 0 unspecified atom stereocenters. The van der Waals surface area contributed by atoms with Gasteiger partial charge in [0.2, 0.25) is 7.29 Å². The third-order valence-electron chi connectivity index (χ3n) is 5.21. The maximum absolute atomic E-state index is 13.8. The van der Waals surface area contributed by atoms with Gasteiger partial charge in [-0.1, -0.05) is 50.2 Å². The zero-order chi connectivity index (χ0) is 18.6. The van der Waals surface area contributed by atoms with E-state index >= 15 is 0 Å². The number of benzene rings is 2. The van der Waals surface area contributed by atoms with Gasteiger partial charge >= 0.3 is 0 Å². The van der Waals surface area contributed by atoms with Gasteiger partial charge in [-0.15, -0.1) is 0 Å². The van der Waals surface area contributed by atoms with Gasteiger partial charge in [-0.25, -0.2) is 0 Å². The van der Waals surface area contributed by atoms with Crippen molar-refractivity contribution in [3.8, 4) is 0 Å². The van der Waals surface area contributed by atoms with Gasteiger partial charge in [-0.2, -0.15) is 0 Å². The molecule has 0 saturated heterocycles. The van der Waals surface area contributed by atoms with Crippen LogP contribution < -0.4 is 15.7 Å². The molecule has 5 heteroatoms. The van der Waals surface area contributed by atoms with E-state index in [1.54, 1.807) is 0 Å². The maximum atomic E-state index is 13.8. The summed E-state index contributed by atoms with van der Waals surface area (Å²) >= 11 is 0.